The number of nitrogens with zero attached hydrogens (tertiary/aromatic N) is 1. The molecule has 3 rings (SSSR count). The number of carbonyl (C=O) groups excluding carboxylic acids is 2. The van der Waals surface area contributed by atoms with Gasteiger partial charge in [0.05, 0.1) is 5.56 Å². The molecule has 2 unspecified atom stereocenters. The molecule has 0 amide bonds. The molecule has 1 N–H and O–H groups in total. The van der Waals surface area contributed by atoms with Crippen molar-refractivity contribution in [2.24, 2.45) is 0 Å². The summed E-state index contributed by atoms with van der Waals surface area (Å²) in [6, 6.07) is 4.49. The van der Waals surface area contributed by atoms with Crippen molar-refractivity contribution >= 4 is 11.6 Å². The minimum Gasteiger partial charge on any atom is -0.507 e. The van der Waals surface area contributed by atoms with E-state index in [1.165, 1.54) is 6.07 Å². The highest BCUT2D eigenvalue weighted by Gasteiger charge is 2.71. The molecule has 1 fully saturated rings. The molecule has 17 heavy (non-hydrogen) atoms. The highest BCUT2D eigenvalue weighted by Crippen LogP contribution is 2.48. The lowest BCUT2D eigenvalue weighted by Crippen LogP contribution is -2.47. The zero-order valence-electron chi connectivity index (χ0n) is 9.43. The number of hydrogen-bond acceptors (Lipinski definition) is 5. The Bertz CT molecular complexity index is 551. The largest absolute Gasteiger partial charge is 0.507 e. The van der Waals surface area contributed by atoms with Crippen LogP contribution >= 0.6 is 0 Å². The molecule has 5 heteroatoms. The molecule has 1 heterocycles. The number of hydrogen-bond donors (Lipinski definition) is 1. The summed E-state index contributed by atoms with van der Waals surface area (Å²) in [4.78, 5) is 26.0. The molecule has 88 valence electrons. The molecule has 0 bridgehead atoms. The van der Waals surface area contributed by atoms with Crippen LogP contribution in [0.25, 0.3) is 0 Å². The van der Waals surface area contributed by atoms with Crippen LogP contribution in [0.1, 0.15) is 20.7 Å². The zero-order chi connectivity index (χ0) is 12.4. The maximum Gasteiger partial charge on any atom is 0.220 e. The Morgan fingerprint density at radius 3 is 2.71 bits per heavy atom. The van der Waals surface area contributed by atoms with E-state index < -0.39 is 11.8 Å². The summed E-state index contributed by atoms with van der Waals surface area (Å²) in [5.74, 6) is -0.756. The van der Waals surface area contributed by atoms with Crippen molar-refractivity contribution in [2.45, 2.75) is 11.8 Å². The molecule has 5 nitrogen and oxygen atoms in total. The van der Waals surface area contributed by atoms with E-state index in [-0.39, 0.29) is 28.4 Å². The van der Waals surface area contributed by atoms with E-state index in [0.717, 1.165) is 0 Å². The molecular weight excluding hydrogens is 222 g/mol. The SMILES string of the molecule is CN(C)C12OC1C(=O)c1c(O)cccc1C2=O. The van der Waals surface area contributed by atoms with Gasteiger partial charge in [0.2, 0.25) is 17.3 Å². The minimum atomic E-state index is -1.15. The molecule has 1 saturated heterocycles. The number of phenolic OH excluding ortho intramolecular Hbond substituents is 1. The molecule has 1 aromatic rings. The van der Waals surface area contributed by atoms with Gasteiger partial charge >= 0.3 is 0 Å². The topological polar surface area (TPSA) is 70.1 Å². The van der Waals surface area contributed by atoms with E-state index in [1.54, 1.807) is 31.1 Å². The third kappa shape index (κ3) is 1.05. The number of fused-ring (bicyclic) bond motifs is 2. The molecule has 0 aromatic heterocycles. The normalized spacial score (nSPS) is 30.2. The highest BCUT2D eigenvalue weighted by molar-refractivity contribution is 6.23. The predicted octanol–water partition coefficient (Wildman–Crippen LogP) is 0.428. The van der Waals surface area contributed by atoms with Gasteiger partial charge in [0, 0.05) is 5.56 Å². The average Bonchev–Trinajstić information content (AvgIpc) is 3.03. The van der Waals surface area contributed by atoms with Crippen molar-refractivity contribution in [3.05, 3.63) is 29.3 Å². The smallest absolute Gasteiger partial charge is 0.220 e. The van der Waals surface area contributed by atoms with E-state index in [2.05, 4.69) is 0 Å². The van der Waals surface area contributed by atoms with Crippen LogP contribution in [0.2, 0.25) is 0 Å². The van der Waals surface area contributed by atoms with E-state index in [4.69, 9.17) is 4.74 Å². The lowest BCUT2D eigenvalue weighted by Gasteiger charge is -2.24. The van der Waals surface area contributed by atoms with Crippen molar-refractivity contribution in [3.63, 3.8) is 0 Å². The molecule has 0 radical (unpaired) electrons. The standard InChI is InChI=1S/C12H11NO4/c1-13(2)12-10(16)6-4-3-5-7(14)8(6)9(15)11(12)17-12/h3-5,11,14H,1-2H3. The molecular formula is C12H11NO4. The van der Waals surface area contributed by atoms with E-state index in [0.29, 0.717) is 0 Å². The fourth-order valence-electron chi connectivity index (χ4n) is 2.40. The van der Waals surface area contributed by atoms with Crippen LogP contribution in [0.3, 0.4) is 0 Å². The molecule has 0 saturated carbocycles. The average molecular weight is 233 g/mol. The van der Waals surface area contributed by atoms with Crippen LogP contribution in [0.5, 0.6) is 5.75 Å². The van der Waals surface area contributed by atoms with Crippen molar-refractivity contribution in [2.75, 3.05) is 14.1 Å². The van der Waals surface area contributed by atoms with E-state index >= 15 is 0 Å². The molecule has 2 atom stereocenters. The number of ether oxygens (including phenoxy) is 1. The predicted molar refractivity (Wildman–Crippen MR) is 58.1 cm³/mol. The van der Waals surface area contributed by atoms with Gasteiger partial charge in [0.1, 0.15) is 5.75 Å². The maximum atomic E-state index is 12.3. The summed E-state index contributed by atoms with van der Waals surface area (Å²) >= 11 is 0. The van der Waals surface area contributed by atoms with Crippen LogP contribution in [-0.2, 0) is 4.74 Å². The lowest BCUT2D eigenvalue weighted by molar-refractivity contribution is 0.0652. The zero-order valence-corrected chi connectivity index (χ0v) is 9.43. The second-order valence-corrected chi connectivity index (χ2v) is 4.48. The first-order valence-electron chi connectivity index (χ1n) is 5.26. The first-order chi connectivity index (χ1) is 8.00. The van der Waals surface area contributed by atoms with Crippen LogP contribution in [0, 0.1) is 0 Å². The number of likely N-dealkylation sites (N-methyl/N-ethyl adjacent to an activating group) is 1. The van der Waals surface area contributed by atoms with Crippen LogP contribution < -0.4 is 0 Å². The van der Waals surface area contributed by atoms with Crippen molar-refractivity contribution in [1.29, 1.82) is 0 Å². The van der Waals surface area contributed by atoms with Crippen molar-refractivity contribution in [1.82, 2.24) is 4.90 Å². The van der Waals surface area contributed by atoms with Gasteiger partial charge in [0.15, 0.2) is 6.10 Å². The number of carbonyl (C=O) groups is 2. The summed E-state index contributed by atoms with van der Waals surface area (Å²) in [5.41, 5.74) is -0.840. The van der Waals surface area contributed by atoms with Gasteiger partial charge in [-0.15, -0.1) is 0 Å². The summed E-state index contributed by atoms with van der Waals surface area (Å²) in [6.07, 6.45) is -0.786. The highest BCUT2D eigenvalue weighted by atomic mass is 16.6. The van der Waals surface area contributed by atoms with Crippen LogP contribution in [0.4, 0.5) is 0 Å². The fraction of sp³-hybridized carbons (Fsp3) is 0.333. The third-order valence-corrected chi connectivity index (χ3v) is 3.36. The number of aromatic hydroxyl groups is 1. The number of Topliss-reactive ketones (excluding diaryl/α,β-unsaturated/α-hetero) is 2. The number of rotatable bonds is 1. The fourth-order valence-corrected chi connectivity index (χ4v) is 2.40. The third-order valence-electron chi connectivity index (χ3n) is 3.36. The lowest BCUT2D eigenvalue weighted by atomic mass is 9.85. The quantitative estimate of drug-likeness (QED) is 0.712. The molecule has 1 aliphatic heterocycles. The van der Waals surface area contributed by atoms with Crippen LogP contribution in [-0.4, -0.2) is 47.5 Å². The molecule has 0 spiro atoms. The molecule has 2 aliphatic rings. The Kier molecular flexibility index (Phi) is 1.80. The minimum absolute atomic E-state index is 0.0810. The van der Waals surface area contributed by atoms with Gasteiger partial charge in [-0.1, -0.05) is 12.1 Å². The van der Waals surface area contributed by atoms with Crippen molar-refractivity contribution in [3.8, 4) is 5.75 Å². The van der Waals surface area contributed by atoms with Gasteiger partial charge in [-0.05, 0) is 20.2 Å². The Labute approximate surface area is 97.6 Å². The van der Waals surface area contributed by atoms with Gasteiger partial charge < -0.3 is 9.84 Å². The van der Waals surface area contributed by atoms with Gasteiger partial charge in [-0.3, -0.25) is 14.5 Å². The number of ketones is 2. The summed E-state index contributed by atoms with van der Waals surface area (Å²) in [6.45, 7) is 0. The number of benzene rings is 1. The number of phenols is 1. The number of epoxide rings is 1. The second kappa shape index (κ2) is 2.94. The van der Waals surface area contributed by atoms with Gasteiger partial charge in [-0.25, -0.2) is 0 Å². The van der Waals surface area contributed by atoms with E-state index in [9.17, 15) is 14.7 Å². The van der Waals surface area contributed by atoms with Gasteiger partial charge in [0.25, 0.3) is 0 Å². The Hall–Kier alpha value is -1.72. The summed E-state index contributed by atoms with van der Waals surface area (Å²) in [5, 5.41) is 9.66. The molecule has 1 aromatic carbocycles. The summed E-state index contributed by atoms with van der Waals surface area (Å²) in [7, 11) is 3.39. The monoisotopic (exact) mass is 233 g/mol. The van der Waals surface area contributed by atoms with Gasteiger partial charge in [-0.2, -0.15) is 0 Å². The Balaban J connectivity index is 2.23. The maximum absolute atomic E-state index is 12.3. The summed E-state index contributed by atoms with van der Waals surface area (Å²) < 4.78 is 5.30. The first-order valence-corrected chi connectivity index (χ1v) is 5.26. The molecule has 1 aliphatic carbocycles. The Morgan fingerprint density at radius 2 is 2.06 bits per heavy atom. The van der Waals surface area contributed by atoms with Crippen molar-refractivity contribution < 1.29 is 19.4 Å². The van der Waals surface area contributed by atoms with Crippen LogP contribution in [0.15, 0.2) is 18.2 Å². The second-order valence-electron chi connectivity index (χ2n) is 4.48. The Morgan fingerprint density at radius 1 is 1.35 bits per heavy atom. The first kappa shape index (κ1) is 10.4. The van der Waals surface area contributed by atoms with E-state index in [1.807, 2.05) is 0 Å².